The van der Waals surface area contributed by atoms with Crippen molar-refractivity contribution >= 4 is 0 Å². The molecule has 3 heteroatoms. The van der Waals surface area contributed by atoms with Crippen LogP contribution in [-0.2, 0) is 11.2 Å². The van der Waals surface area contributed by atoms with E-state index in [1.165, 1.54) is 31.2 Å². The van der Waals surface area contributed by atoms with Crippen molar-refractivity contribution in [3.63, 3.8) is 0 Å². The summed E-state index contributed by atoms with van der Waals surface area (Å²) in [4.78, 5) is 4.19. The molecule has 1 aliphatic heterocycles. The second-order valence-corrected chi connectivity index (χ2v) is 5.45. The number of ether oxygens (including phenoxy) is 1. The van der Waals surface area contributed by atoms with E-state index in [9.17, 15) is 0 Å². The molecule has 3 nitrogen and oxygen atoms in total. The summed E-state index contributed by atoms with van der Waals surface area (Å²) >= 11 is 0. The molecule has 19 heavy (non-hydrogen) atoms. The summed E-state index contributed by atoms with van der Waals surface area (Å²) in [5, 5.41) is 3.64. The molecule has 106 valence electrons. The third-order valence-electron chi connectivity index (χ3n) is 3.96. The lowest BCUT2D eigenvalue weighted by Crippen LogP contribution is -2.33. The molecule has 1 atom stereocenters. The monoisotopic (exact) mass is 262 g/mol. The van der Waals surface area contributed by atoms with Gasteiger partial charge in [-0.2, -0.15) is 0 Å². The maximum atomic E-state index is 5.44. The summed E-state index contributed by atoms with van der Waals surface area (Å²) < 4.78 is 5.44. The van der Waals surface area contributed by atoms with Crippen molar-refractivity contribution in [1.82, 2.24) is 10.3 Å². The summed E-state index contributed by atoms with van der Waals surface area (Å²) in [7, 11) is 0. The standard InChI is InChI=1S/C16H26N2O/c1-2-18-16(12-14-7-10-19-11-8-14)6-5-15-4-3-9-17-13-15/h3-4,9,13-14,16,18H,2,5-8,10-12H2,1H3. The summed E-state index contributed by atoms with van der Waals surface area (Å²) in [6.07, 6.45) is 9.90. The number of nitrogens with zero attached hydrogens (tertiary/aromatic N) is 1. The van der Waals surface area contributed by atoms with Crippen molar-refractivity contribution in [3.05, 3.63) is 30.1 Å². The van der Waals surface area contributed by atoms with E-state index < -0.39 is 0 Å². The van der Waals surface area contributed by atoms with Gasteiger partial charge in [0.25, 0.3) is 0 Å². The van der Waals surface area contributed by atoms with E-state index >= 15 is 0 Å². The lowest BCUT2D eigenvalue weighted by molar-refractivity contribution is 0.0603. The van der Waals surface area contributed by atoms with E-state index in [0.717, 1.165) is 32.1 Å². The van der Waals surface area contributed by atoms with Gasteiger partial charge in [-0.1, -0.05) is 13.0 Å². The van der Waals surface area contributed by atoms with Crippen LogP contribution in [-0.4, -0.2) is 30.8 Å². The van der Waals surface area contributed by atoms with Crippen LogP contribution in [0.2, 0.25) is 0 Å². The molecule has 0 aromatic carbocycles. The number of aryl methyl sites for hydroxylation is 1. The summed E-state index contributed by atoms with van der Waals surface area (Å²) in [5.74, 6) is 0.840. The third-order valence-corrected chi connectivity index (χ3v) is 3.96. The van der Waals surface area contributed by atoms with Crippen LogP contribution in [0, 0.1) is 5.92 Å². The third kappa shape index (κ3) is 5.29. The highest BCUT2D eigenvalue weighted by atomic mass is 16.5. The summed E-state index contributed by atoms with van der Waals surface area (Å²) in [5.41, 5.74) is 1.34. The molecule has 1 aliphatic rings. The molecule has 2 rings (SSSR count). The Hall–Kier alpha value is -0.930. The van der Waals surface area contributed by atoms with Gasteiger partial charge in [0.05, 0.1) is 0 Å². The zero-order chi connectivity index (χ0) is 13.3. The van der Waals surface area contributed by atoms with E-state index in [1.54, 1.807) is 0 Å². The van der Waals surface area contributed by atoms with Crippen LogP contribution in [0.3, 0.4) is 0 Å². The van der Waals surface area contributed by atoms with Gasteiger partial charge in [0.15, 0.2) is 0 Å². The fraction of sp³-hybridized carbons (Fsp3) is 0.688. The molecular formula is C16H26N2O. The Bertz CT molecular complexity index is 336. The normalized spacial score (nSPS) is 18.4. The molecule has 1 N–H and O–H groups in total. The van der Waals surface area contributed by atoms with E-state index in [2.05, 4.69) is 23.3 Å². The number of hydrogen-bond donors (Lipinski definition) is 1. The van der Waals surface area contributed by atoms with Crippen molar-refractivity contribution in [3.8, 4) is 0 Å². The van der Waals surface area contributed by atoms with Crippen molar-refractivity contribution in [2.24, 2.45) is 5.92 Å². The number of pyridine rings is 1. The van der Waals surface area contributed by atoms with E-state index in [0.29, 0.717) is 6.04 Å². The lowest BCUT2D eigenvalue weighted by atomic mass is 9.90. The van der Waals surface area contributed by atoms with Crippen LogP contribution < -0.4 is 5.32 Å². The molecule has 0 bridgehead atoms. The summed E-state index contributed by atoms with van der Waals surface area (Å²) in [6, 6.07) is 4.83. The molecule has 0 radical (unpaired) electrons. The van der Waals surface area contributed by atoms with Crippen molar-refractivity contribution in [1.29, 1.82) is 0 Å². The van der Waals surface area contributed by atoms with Gasteiger partial charge < -0.3 is 10.1 Å². The molecule has 1 aromatic rings. The fourth-order valence-corrected chi connectivity index (χ4v) is 2.86. The minimum atomic E-state index is 0.633. The molecule has 1 fully saturated rings. The van der Waals surface area contributed by atoms with Crippen LogP contribution >= 0.6 is 0 Å². The first-order chi connectivity index (χ1) is 9.38. The summed E-state index contributed by atoms with van der Waals surface area (Å²) in [6.45, 7) is 5.15. The molecule has 2 heterocycles. The Morgan fingerprint density at radius 3 is 2.95 bits per heavy atom. The highest BCUT2D eigenvalue weighted by Crippen LogP contribution is 2.22. The average Bonchev–Trinajstić information content (AvgIpc) is 2.47. The second-order valence-electron chi connectivity index (χ2n) is 5.45. The van der Waals surface area contributed by atoms with E-state index in [1.807, 2.05) is 18.5 Å². The van der Waals surface area contributed by atoms with Crippen LogP contribution in [0.5, 0.6) is 0 Å². The Morgan fingerprint density at radius 2 is 2.26 bits per heavy atom. The zero-order valence-electron chi connectivity index (χ0n) is 12.0. The van der Waals surface area contributed by atoms with Crippen LogP contribution in [0.15, 0.2) is 24.5 Å². The lowest BCUT2D eigenvalue weighted by Gasteiger charge is -2.27. The molecule has 0 saturated carbocycles. The topological polar surface area (TPSA) is 34.2 Å². The van der Waals surface area contributed by atoms with Crippen molar-refractivity contribution < 1.29 is 4.74 Å². The largest absolute Gasteiger partial charge is 0.381 e. The Balaban J connectivity index is 1.78. The van der Waals surface area contributed by atoms with Crippen LogP contribution in [0.25, 0.3) is 0 Å². The van der Waals surface area contributed by atoms with Gasteiger partial charge in [-0.25, -0.2) is 0 Å². The second kappa shape index (κ2) is 8.28. The molecule has 1 aromatic heterocycles. The minimum Gasteiger partial charge on any atom is -0.381 e. The van der Waals surface area contributed by atoms with Crippen molar-refractivity contribution in [2.45, 2.75) is 45.1 Å². The maximum Gasteiger partial charge on any atom is 0.0468 e. The minimum absolute atomic E-state index is 0.633. The maximum absolute atomic E-state index is 5.44. The van der Waals surface area contributed by atoms with Crippen molar-refractivity contribution in [2.75, 3.05) is 19.8 Å². The Kier molecular flexibility index (Phi) is 6.31. The molecule has 0 amide bonds. The van der Waals surface area contributed by atoms with Gasteiger partial charge >= 0.3 is 0 Å². The van der Waals surface area contributed by atoms with Crippen LogP contribution in [0.4, 0.5) is 0 Å². The predicted molar refractivity (Wildman–Crippen MR) is 78.2 cm³/mol. The predicted octanol–water partition coefficient (Wildman–Crippen LogP) is 2.81. The molecule has 1 saturated heterocycles. The number of rotatable bonds is 7. The number of aromatic nitrogens is 1. The van der Waals surface area contributed by atoms with E-state index in [-0.39, 0.29) is 0 Å². The first-order valence-corrected chi connectivity index (χ1v) is 7.58. The highest BCUT2D eigenvalue weighted by Gasteiger charge is 2.18. The van der Waals surface area contributed by atoms with Gasteiger partial charge in [-0.3, -0.25) is 4.98 Å². The van der Waals surface area contributed by atoms with E-state index in [4.69, 9.17) is 4.74 Å². The molecule has 0 aliphatic carbocycles. The first kappa shape index (κ1) is 14.5. The SMILES string of the molecule is CCNC(CCc1cccnc1)CC1CCOCC1. The fourth-order valence-electron chi connectivity index (χ4n) is 2.86. The number of nitrogens with one attached hydrogen (secondary N) is 1. The van der Waals surface area contributed by atoms with Gasteiger partial charge in [0, 0.05) is 31.6 Å². The van der Waals surface area contributed by atoms with Gasteiger partial charge in [-0.05, 0) is 56.2 Å². The highest BCUT2D eigenvalue weighted by molar-refractivity contribution is 5.08. The molecule has 0 spiro atoms. The van der Waals surface area contributed by atoms with Gasteiger partial charge in [0.1, 0.15) is 0 Å². The van der Waals surface area contributed by atoms with Crippen LogP contribution in [0.1, 0.15) is 38.2 Å². The Labute approximate surface area is 116 Å². The quantitative estimate of drug-likeness (QED) is 0.820. The first-order valence-electron chi connectivity index (χ1n) is 7.58. The number of hydrogen-bond acceptors (Lipinski definition) is 3. The molecule has 1 unspecified atom stereocenters. The smallest absolute Gasteiger partial charge is 0.0468 e. The Morgan fingerprint density at radius 1 is 1.42 bits per heavy atom. The average molecular weight is 262 g/mol. The zero-order valence-corrected chi connectivity index (χ0v) is 12.0. The van der Waals surface area contributed by atoms with Gasteiger partial charge in [0.2, 0.25) is 0 Å². The molecular weight excluding hydrogens is 236 g/mol. The van der Waals surface area contributed by atoms with Gasteiger partial charge in [-0.15, -0.1) is 0 Å².